The van der Waals surface area contributed by atoms with Crippen LogP contribution in [0, 0.1) is 0 Å². The van der Waals surface area contributed by atoms with Crippen molar-refractivity contribution in [2.24, 2.45) is 0 Å². The second kappa shape index (κ2) is 6.68. The van der Waals surface area contributed by atoms with Crippen LogP contribution in [0.3, 0.4) is 0 Å². The van der Waals surface area contributed by atoms with Gasteiger partial charge in [-0.2, -0.15) is 0 Å². The van der Waals surface area contributed by atoms with Crippen molar-refractivity contribution < 1.29 is 4.74 Å². The van der Waals surface area contributed by atoms with Crippen molar-refractivity contribution in [3.63, 3.8) is 0 Å². The molecule has 0 aliphatic rings. The van der Waals surface area contributed by atoms with Crippen LogP contribution in [-0.4, -0.2) is 19.1 Å². The Morgan fingerprint density at radius 2 is 1.95 bits per heavy atom. The van der Waals surface area contributed by atoms with Gasteiger partial charge in [-0.15, -0.1) is 11.3 Å². The summed E-state index contributed by atoms with van der Waals surface area (Å²) in [5.41, 5.74) is 1.88. The molecule has 0 bridgehead atoms. The minimum Gasteiger partial charge on any atom is -0.378 e. The number of nitrogens with zero attached hydrogens (tertiary/aromatic N) is 1. The lowest BCUT2D eigenvalue weighted by atomic mass is 10.2. The number of methoxy groups -OCH3 is 1. The van der Waals surface area contributed by atoms with E-state index in [9.17, 15) is 0 Å². The molecule has 0 saturated carbocycles. The summed E-state index contributed by atoms with van der Waals surface area (Å²) in [5, 5.41) is 5.26. The number of thiazole rings is 1. The molecule has 0 aliphatic heterocycles. The number of hydrogen-bond acceptors (Lipinski definition) is 4. The fraction of sp³-hybridized carbons (Fsp3) is 0.308. The van der Waals surface area contributed by atoms with Crippen LogP contribution < -0.4 is 5.32 Å². The van der Waals surface area contributed by atoms with Gasteiger partial charge < -0.3 is 10.1 Å². The monoisotopic (exact) mass is 316 g/mol. The molecule has 1 N–H and O–H groups in total. The van der Waals surface area contributed by atoms with Crippen LogP contribution in [-0.2, 0) is 17.9 Å². The van der Waals surface area contributed by atoms with Crippen molar-refractivity contribution in [3.8, 4) is 10.6 Å². The minimum atomic E-state index is 0.502. The summed E-state index contributed by atoms with van der Waals surface area (Å²) in [5.74, 6) is 0. The van der Waals surface area contributed by atoms with Gasteiger partial charge in [0.1, 0.15) is 5.01 Å². The number of halogens is 2. The molecular weight excluding hydrogens is 303 g/mol. The summed E-state index contributed by atoms with van der Waals surface area (Å²) in [6.07, 6.45) is 0. The minimum absolute atomic E-state index is 0.502. The predicted octanol–water partition coefficient (Wildman–Crippen LogP) is 3.98. The van der Waals surface area contributed by atoms with E-state index < -0.39 is 0 Å². The molecule has 0 aliphatic carbocycles. The molecule has 3 nitrogen and oxygen atoms in total. The van der Waals surface area contributed by atoms with Crippen molar-refractivity contribution in [3.05, 3.63) is 38.8 Å². The van der Waals surface area contributed by atoms with E-state index in [2.05, 4.69) is 10.3 Å². The van der Waals surface area contributed by atoms with E-state index in [0.29, 0.717) is 16.7 Å². The smallest absolute Gasteiger partial charge is 0.124 e. The Morgan fingerprint density at radius 3 is 2.53 bits per heavy atom. The molecule has 102 valence electrons. The van der Waals surface area contributed by atoms with Crippen molar-refractivity contribution in [1.82, 2.24) is 10.3 Å². The molecule has 1 aromatic carbocycles. The van der Waals surface area contributed by atoms with Crippen LogP contribution in [0.4, 0.5) is 0 Å². The van der Waals surface area contributed by atoms with Gasteiger partial charge in [0, 0.05) is 34.1 Å². The molecule has 19 heavy (non-hydrogen) atoms. The first-order chi connectivity index (χ1) is 9.13. The molecule has 0 saturated heterocycles. The molecular formula is C13H14Cl2N2OS. The summed E-state index contributed by atoms with van der Waals surface area (Å²) in [6.45, 7) is 1.27. The first-order valence-corrected chi connectivity index (χ1v) is 7.30. The van der Waals surface area contributed by atoms with E-state index in [1.807, 2.05) is 19.2 Å². The highest BCUT2D eigenvalue weighted by atomic mass is 35.5. The van der Waals surface area contributed by atoms with Gasteiger partial charge in [0.05, 0.1) is 12.3 Å². The molecule has 0 atom stereocenters. The highest BCUT2D eigenvalue weighted by molar-refractivity contribution is 7.15. The second-order valence-corrected chi connectivity index (χ2v) is 5.97. The fourth-order valence-corrected chi connectivity index (χ4v) is 3.32. The molecule has 0 fully saturated rings. The molecule has 6 heteroatoms. The zero-order valence-electron chi connectivity index (χ0n) is 10.7. The topological polar surface area (TPSA) is 34.2 Å². The molecule has 1 aromatic heterocycles. The average Bonchev–Trinajstić information content (AvgIpc) is 2.72. The maximum absolute atomic E-state index is 6.02. The zero-order valence-corrected chi connectivity index (χ0v) is 13.0. The van der Waals surface area contributed by atoms with Crippen LogP contribution in [0.5, 0.6) is 0 Å². The summed E-state index contributed by atoms with van der Waals surface area (Å²) >= 11 is 13.7. The van der Waals surface area contributed by atoms with E-state index in [-0.39, 0.29) is 0 Å². The largest absolute Gasteiger partial charge is 0.378 e. The van der Waals surface area contributed by atoms with Gasteiger partial charge in [-0.1, -0.05) is 23.2 Å². The molecule has 1 heterocycles. The Hall–Kier alpha value is -0.650. The summed E-state index contributed by atoms with van der Waals surface area (Å²) < 4.78 is 5.18. The van der Waals surface area contributed by atoms with E-state index >= 15 is 0 Å². The Bertz CT molecular complexity index is 528. The van der Waals surface area contributed by atoms with Crippen LogP contribution >= 0.6 is 34.5 Å². The zero-order chi connectivity index (χ0) is 13.8. The lowest BCUT2D eigenvalue weighted by Gasteiger charge is -1.99. The van der Waals surface area contributed by atoms with Gasteiger partial charge in [0.25, 0.3) is 0 Å². The van der Waals surface area contributed by atoms with Gasteiger partial charge >= 0.3 is 0 Å². The maximum Gasteiger partial charge on any atom is 0.124 e. The maximum atomic E-state index is 6.02. The fourth-order valence-electron chi connectivity index (χ4n) is 1.73. The number of ether oxygens (including phenoxy) is 1. The molecule has 2 aromatic rings. The van der Waals surface area contributed by atoms with Crippen molar-refractivity contribution >= 4 is 34.5 Å². The molecule has 0 radical (unpaired) electrons. The first kappa shape index (κ1) is 14.8. The van der Waals surface area contributed by atoms with Crippen LogP contribution in [0.25, 0.3) is 10.6 Å². The van der Waals surface area contributed by atoms with Crippen molar-refractivity contribution in [2.45, 2.75) is 13.2 Å². The normalized spacial score (nSPS) is 10.9. The molecule has 0 unspecified atom stereocenters. The Morgan fingerprint density at radius 1 is 1.26 bits per heavy atom. The van der Waals surface area contributed by atoms with Crippen LogP contribution in [0.1, 0.15) is 10.6 Å². The Labute approximate surface area is 126 Å². The first-order valence-electron chi connectivity index (χ1n) is 5.72. The number of hydrogen-bond donors (Lipinski definition) is 1. The van der Waals surface area contributed by atoms with Gasteiger partial charge in [-0.3, -0.25) is 0 Å². The van der Waals surface area contributed by atoms with Crippen LogP contribution in [0.15, 0.2) is 18.2 Å². The van der Waals surface area contributed by atoms with E-state index in [0.717, 1.165) is 27.7 Å². The number of nitrogens with one attached hydrogen (secondary N) is 1. The standard InChI is InChI=1S/C13H14Cl2N2OS/c1-16-6-12-11(7-18-2)17-13(19-12)8-3-9(14)5-10(15)4-8/h3-5,16H,6-7H2,1-2H3. The summed E-state index contributed by atoms with van der Waals surface area (Å²) in [4.78, 5) is 5.77. The highest BCUT2D eigenvalue weighted by Crippen LogP contribution is 2.32. The highest BCUT2D eigenvalue weighted by Gasteiger charge is 2.12. The third kappa shape index (κ3) is 3.68. The van der Waals surface area contributed by atoms with Crippen molar-refractivity contribution in [1.29, 1.82) is 0 Å². The number of aromatic nitrogens is 1. The van der Waals surface area contributed by atoms with E-state index in [1.54, 1.807) is 24.5 Å². The molecule has 2 rings (SSSR count). The second-order valence-electron chi connectivity index (χ2n) is 4.01. The predicted molar refractivity (Wildman–Crippen MR) is 81.0 cm³/mol. The van der Waals surface area contributed by atoms with Crippen LogP contribution in [0.2, 0.25) is 10.0 Å². The number of rotatable bonds is 5. The third-order valence-corrected chi connectivity index (χ3v) is 4.09. The Kier molecular flexibility index (Phi) is 5.19. The van der Waals surface area contributed by atoms with E-state index in [1.165, 1.54) is 0 Å². The number of benzene rings is 1. The average molecular weight is 317 g/mol. The van der Waals surface area contributed by atoms with Crippen molar-refractivity contribution in [2.75, 3.05) is 14.2 Å². The Balaban J connectivity index is 2.41. The van der Waals surface area contributed by atoms with Gasteiger partial charge in [-0.25, -0.2) is 4.98 Å². The van der Waals surface area contributed by atoms with E-state index in [4.69, 9.17) is 27.9 Å². The molecule has 0 amide bonds. The lowest BCUT2D eigenvalue weighted by Crippen LogP contribution is -2.06. The molecule has 0 spiro atoms. The SMILES string of the molecule is CNCc1sc(-c2cc(Cl)cc(Cl)c2)nc1COC. The van der Waals surface area contributed by atoms with Gasteiger partial charge in [0.2, 0.25) is 0 Å². The lowest BCUT2D eigenvalue weighted by molar-refractivity contribution is 0.181. The summed E-state index contributed by atoms with van der Waals surface area (Å²) in [7, 11) is 3.57. The third-order valence-electron chi connectivity index (χ3n) is 2.51. The quantitative estimate of drug-likeness (QED) is 0.905. The summed E-state index contributed by atoms with van der Waals surface area (Å²) in [6, 6.07) is 5.45. The van der Waals surface area contributed by atoms with Gasteiger partial charge in [0.15, 0.2) is 0 Å². The van der Waals surface area contributed by atoms with Gasteiger partial charge in [-0.05, 0) is 25.2 Å².